The number of ether oxygens (including phenoxy) is 4. The second-order valence-corrected chi connectivity index (χ2v) is 19.0. The average molecular weight is 829 g/mol. The van der Waals surface area contributed by atoms with Crippen molar-refractivity contribution in [1.82, 2.24) is 4.98 Å². The number of carbonyl (C=O) groups is 1. The van der Waals surface area contributed by atoms with E-state index in [0.29, 0.717) is 41.9 Å². The molecule has 4 aromatic rings. The Morgan fingerprint density at radius 2 is 1.76 bits per heavy atom. The third-order valence-electron chi connectivity index (χ3n) is 12.9. The molecule has 1 aromatic heterocycles. The van der Waals surface area contributed by atoms with Crippen molar-refractivity contribution < 1.29 is 36.3 Å². The number of fused-ring (bicyclic) bond motifs is 4. The third-order valence-corrected chi connectivity index (χ3v) is 14.6. The third kappa shape index (κ3) is 8.02. The quantitative estimate of drug-likeness (QED) is 0.116. The maximum absolute atomic E-state index is 13.7. The number of anilines is 1. The highest BCUT2D eigenvalue weighted by molar-refractivity contribution is 7.86. The van der Waals surface area contributed by atoms with Crippen LogP contribution in [0.1, 0.15) is 92.7 Å². The van der Waals surface area contributed by atoms with E-state index >= 15 is 0 Å². The van der Waals surface area contributed by atoms with Gasteiger partial charge in [0.05, 0.1) is 18.6 Å². The van der Waals surface area contributed by atoms with Crippen molar-refractivity contribution in [3.05, 3.63) is 106 Å². The Labute approximate surface area is 347 Å². The van der Waals surface area contributed by atoms with Crippen LogP contribution in [0.3, 0.4) is 0 Å². The van der Waals surface area contributed by atoms with Crippen molar-refractivity contribution in [3.63, 3.8) is 0 Å². The van der Waals surface area contributed by atoms with Crippen molar-refractivity contribution >= 4 is 33.4 Å². The predicted molar refractivity (Wildman–Crippen MR) is 223 cm³/mol. The molecule has 8 rings (SSSR count). The Bertz CT molecular complexity index is 2260. The molecule has 1 aliphatic heterocycles. The zero-order chi connectivity index (χ0) is 40.7. The van der Waals surface area contributed by atoms with Gasteiger partial charge < -0.3 is 24.3 Å². The van der Waals surface area contributed by atoms with Crippen LogP contribution in [0.2, 0.25) is 5.02 Å². The highest BCUT2D eigenvalue weighted by Gasteiger charge is 2.55. The predicted octanol–water partition coefficient (Wildman–Crippen LogP) is 9.14. The Morgan fingerprint density at radius 3 is 2.48 bits per heavy atom. The number of benzene rings is 3. The molecule has 4 atom stereocenters. The summed E-state index contributed by atoms with van der Waals surface area (Å²) in [5.74, 6) is 2.72. The Morgan fingerprint density at radius 1 is 1.02 bits per heavy atom. The zero-order valence-electron chi connectivity index (χ0n) is 33.7. The van der Waals surface area contributed by atoms with Gasteiger partial charge in [0.25, 0.3) is 10.1 Å². The van der Waals surface area contributed by atoms with Crippen molar-refractivity contribution in [1.29, 1.82) is 0 Å². The van der Waals surface area contributed by atoms with Crippen LogP contribution in [0.5, 0.6) is 17.2 Å². The highest BCUT2D eigenvalue weighted by Crippen LogP contribution is 2.58. The standard InChI is InChI=1S/C46H53ClN2O8S/c1-29-11-13-37(14-12-29)58(51,52)57-36-27-55-41-23-32-22-33(21-30(2)26-54-40-15-20-48-39-10-5-7-31(3)43(39)40)45(38(32)25-42(41)56-28-36)16-18-46(19-17-45,44(50)53-4)49-35-9-6-8-34(47)24-35/h6,8-9,11-15,20,23-25,30-31,33,36,49H,5,7,10,16-19,21-22,26-28H2,1-4H3/t30-,31-,33+,36?,45?,46?/m1/s1. The van der Waals surface area contributed by atoms with Crippen molar-refractivity contribution in [3.8, 4) is 17.2 Å². The number of aryl methyl sites for hydroxylation is 2. The fraction of sp³-hybridized carbons (Fsp3) is 0.478. The summed E-state index contributed by atoms with van der Waals surface area (Å²) in [6.45, 7) is 7.05. The van der Waals surface area contributed by atoms with Gasteiger partial charge in [0.1, 0.15) is 30.6 Å². The summed E-state index contributed by atoms with van der Waals surface area (Å²) in [6.07, 6.45) is 8.64. The molecular weight excluding hydrogens is 776 g/mol. The lowest BCUT2D eigenvalue weighted by atomic mass is 9.59. The molecule has 1 N–H and O–H groups in total. The molecule has 0 bridgehead atoms. The van der Waals surface area contributed by atoms with Crippen molar-refractivity contribution in [2.24, 2.45) is 11.8 Å². The van der Waals surface area contributed by atoms with E-state index in [1.165, 1.54) is 23.8 Å². The van der Waals surface area contributed by atoms with Crippen molar-refractivity contribution in [2.45, 2.75) is 106 Å². The molecule has 0 saturated heterocycles. The second-order valence-electron chi connectivity index (χ2n) is 16.9. The molecule has 308 valence electrons. The molecule has 2 heterocycles. The highest BCUT2D eigenvalue weighted by atomic mass is 35.5. The first-order valence-corrected chi connectivity index (χ1v) is 22.3. The molecule has 0 radical (unpaired) electrons. The second kappa shape index (κ2) is 16.4. The number of hydrogen-bond donors (Lipinski definition) is 1. The van der Waals surface area contributed by atoms with Gasteiger partial charge in [0.15, 0.2) is 11.5 Å². The van der Waals surface area contributed by atoms with E-state index in [2.05, 4.69) is 36.3 Å². The number of aromatic nitrogens is 1. The number of esters is 1. The van der Waals surface area contributed by atoms with Crippen LogP contribution in [0.25, 0.3) is 0 Å². The molecule has 58 heavy (non-hydrogen) atoms. The van der Waals surface area contributed by atoms with Crippen LogP contribution in [-0.2, 0) is 42.1 Å². The molecule has 1 spiro atoms. The van der Waals surface area contributed by atoms with Crippen LogP contribution in [0.15, 0.2) is 77.8 Å². The van der Waals surface area contributed by atoms with E-state index in [-0.39, 0.29) is 41.3 Å². The number of hydrogen-bond acceptors (Lipinski definition) is 10. The van der Waals surface area contributed by atoms with Gasteiger partial charge in [0.2, 0.25) is 0 Å². The van der Waals surface area contributed by atoms with Gasteiger partial charge >= 0.3 is 5.97 Å². The molecule has 0 amide bonds. The van der Waals surface area contributed by atoms with Crippen molar-refractivity contribution in [2.75, 3.05) is 32.2 Å². The SMILES string of the molecule is COC(=O)C1(Nc2cccc(Cl)c2)CCC2(CC1)c1cc3c(cc1C[C@@H]2C[C@@H](C)COc1ccnc2c1[C@H](C)CCC2)OCC(OS(=O)(=O)c1ccc(C)cc1)CO3. The lowest BCUT2D eigenvalue weighted by Gasteiger charge is -2.47. The maximum atomic E-state index is 13.7. The molecule has 1 fully saturated rings. The molecule has 10 nitrogen and oxygen atoms in total. The molecular formula is C46H53ClN2O8S. The molecule has 1 unspecified atom stereocenters. The summed E-state index contributed by atoms with van der Waals surface area (Å²) in [5.41, 5.74) is 5.32. The van der Waals surface area contributed by atoms with E-state index in [1.54, 1.807) is 24.3 Å². The van der Waals surface area contributed by atoms with E-state index in [9.17, 15) is 13.2 Å². The first kappa shape index (κ1) is 40.5. The lowest BCUT2D eigenvalue weighted by molar-refractivity contribution is -0.148. The van der Waals surface area contributed by atoms with Crippen LogP contribution >= 0.6 is 11.6 Å². The van der Waals surface area contributed by atoms with Crippen LogP contribution in [-0.4, -0.2) is 57.9 Å². The summed E-state index contributed by atoms with van der Waals surface area (Å²) < 4.78 is 56.6. The normalized spacial score (nSPS) is 25.6. The zero-order valence-corrected chi connectivity index (χ0v) is 35.3. The topological polar surface area (TPSA) is 122 Å². The van der Waals surface area contributed by atoms with Gasteiger partial charge in [-0.2, -0.15) is 8.42 Å². The van der Waals surface area contributed by atoms with Gasteiger partial charge in [-0.3, -0.25) is 9.17 Å². The Kier molecular flexibility index (Phi) is 11.4. The number of halogens is 1. The van der Waals surface area contributed by atoms with Crippen LogP contribution in [0.4, 0.5) is 5.69 Å². The number of methoxy groups -OCH3 is 1. The maximum Gasteiger partial charge on any atom is 0.331 e. The Hall–Kier alpha value is -4.32. The minimum absolute atomic E-state index is 0.00795. The molecule has 3 aromatic carbocycles. The van der Waals surface area contributed by atoms with E-state index in [0.717, 1.165) is 67.6 Å². The van der Waals surface area contributed by atoms with Gasteiger partial charge in [-0.05, 0) is 148 Å². The van der Waals surface area contributed by atoms with Gasteiger partial charge in [-0.1, -0.05) is 49.2 Å². The summed E-state index contributed by atoms with van der Waals surface area (Å²) >= 11 is 6.36. The molecule has 3 aliphatic carbocycles. The van der Waals surface area contributed by atoms with E-state index in [1.807, 2.05) is 43.5 Å². The summed E-state index contributed by atoms with van der Waals surface area (Å²) in [7, 11) is -2.59. The molecule has 12 heteroatoms. The van der Waals surface area contributed by atoms with Crippen LogP contribution < -0.4 is 19.5 Å². The summed E-state index contributed by atoms with van der Waals surface area (Å²) in [6, 6.07) is 20.2. The molecule has 1 saturated carbocycles. The number of nitrogens with one attached hydrogen (secondary N) is 1. The Balaban J connectivity index is 1.05. The van der Waals surface area contributed by atoms with Gasteiger partial charge in [-0.15, -0.1) is 0 Å². The largest absolute Gasteiger partial charge is 0.493 e. The average Bonchev–Trinajstić information content (AvgIpc) is 3.33. The van der Waals surface area contributed by atoms with E-state index in [4.69, 9.17) is 34.7 Å². The number of rotatable bonds is 11. The number of carbonyl (C=O) groups excluding carboxylic acids is 1. The molecule has 4 aliphatic rings. The number of nitrogens with zero attached hydrogens (tertiary/aromatic N) is 1. The van der Waals surface area contributed by atoms with Crippen LogP contribution in [0, 0.1) is 18.8 Å². The fourth-order valence-electron chi connectivity index (χ4n) is 9.93. The summed E-state index contributed by atoms with van der Waals surface area (Å²) in [5, 5.41) is 4.13. The van der Waals surface area contributed by atoms with Gasteiger partial charge in [0, 0.05) is 28.2 Å². The first-order valence-electron chi connectivity index (χ1n) is 20.5. The first-order chi connectivity index (χ1) is 27.9. The smallest absolute Gasteiger partial charge is 0.331 e. The van der Waals surface area contributed by atoms with E-state index < -0.39 is 21.8 Å². The lowest BCUT2D eigenvalue weighted by Crippen LogP contribution is -2.53. The number of pyridine rings is 1. The minimum atomic E-state index is -4.03. The minimum Gasteiger partial charge on any atom is -0.493 e. The fourth-order valence-corrected chi connectivity index (χ4v) is 11.2. The summed E-state index contributed by atoms with van der Waals surface area (Å²) in [4.78, 5) is 18.4. The van der Waals surface area contributed by atoms with Gasteiger partial charge in [-0.25, -0.2) is 4.79 Å². The monoisotopic (exact) mass is 828 g/mol.